The van der Waals surface area contributed by atoms with E-state index < -0.39 is 5.91 Å². The van der Waals surface area contributed by atoms with Gasteiger partial charge in [0, 0.05) is 24.4 Å². The number of aryl methyl sites for hydroxylation is 1. The molecule has 124 valence electrons. The van der Waals surface area contributed by atoms with Crippen LogP contribution in [0.1, 0.15) is 35.9 Å². The first kappa shape index (κ1) is 14.9. The van der Waals surface area contributed by atoms with Gasteiger partial charge in [0.05, 0.1) is 10.9 Å². The Morgan fingerprint density at radius 1 is 1.29 bits per heavy atom. The zero-order valence-electron chi connectivity index (χ0n) is 13.3. The largest absolute Gasteiger partial charge is 0.296 e. The van der Waals surface area contributed by atoms with E-state index in [-0.39, 0.29) is 17.4 Å². The summed E-state index contributed by atoms with van der Waals surface area (Å²) in [5.74, 6) is 0.556. The first-order valence-electron chi connectivity index (χ1n) is 8.18. The lowest BCUT2D eigenvalue weighted by Crippen LogP contribution is -2.42. The molecule has 0 saturated heterocycles. The molecule has 2 aromatic rings. The fourth-order valence-electron chi connectivity index (χ4n) is 3.20. The molecule has 7 heteroatoms. The number of hydrazine groups is 1. The molecular weight excluding hydrogens is 308 g/mol. The van der Waals surface area contributed by atoms with Crippen LogP contribution in [-0.2, 0) is 17.8 Å². The number of hydrogen-bond donors (Lipinski definition) is 2. The van der Waals surface area contributed by atoms with Crippen LogP contribution < -0.4 is 16.4 Å². The Kier molecular flexibility index (Phi) is 3.37. The lowest BCUT2D eigenvalue weighted by molar-refractivity contribution is -0.123. The van der Waals surface area contributed by atoms with Crippen molar-refractivity contribution in [3.05, 3.63) is 39.9 Å². The average Bonchev–Trinajstić information content (AvgIpc) is 3.12. The number of amides is 2. The summed E-state index contributed by atoms with van der Waals surface area (Å²) in [5, 5.41) is 0.507. The fourth-order valence-corrected chi connectivity index (χ4v) is 3.20. The Morgan fingerprint density at radius 3 is 2.83 bits per heavy atom. The quantitative estimate of drug-likeness (QED) is 0.797. The maximum absolute atomic E-state index is 12.4. The van der Waals surface area contributed by atoms with Gasteiger partial charge in [-0.1, -0.05) is 6.92 Å². The number of rotatable bonds is 2. The Morgan fingerprint density at radius 2 is 2.08 bits per heavy atom. The summed E-state index contributed by atoms with van der Waals surface area (Å²) in [6, 6.07) is 4.79. The lowest BCUT2D eigenvalue weighted by atomic mass is 10.1. The van der Waals surface area contributed by atoms with Crippen molar-refractivity contribution in [3.8, 4) is 0 Å². The number of carbonyl (C=O) groups excluding carboxylic acids is 2. The van der Waals surface area contributed by atoms with Crippen LogP contribution in [0.5, 0.6) is 0 Å². The van der Waals surface area contributed by atoms with Gasteiger partial charge >= 0.3 is 0 Å². The van der Waals surface area contributed by atoms with Gasteiger partial charge in [0.2, 0.25) is 5.91 Å². The predicted molar refractivity (Wildman–Crippen MR) is 87.2 cm³/mol. The van der Waals surface area contributed by atoms with Crippen LogP contribution in [0, 0.1) is 11.8 Å². The molecule has 4 rings (SSSR count). The van der Waals surface area contributed by atoms with Crippen LogP contribution >= 0.6 is 0 Å². The monoisotopic (exact) mass is 326 g/mol. The molecule has 2 unspecified atom stereocenters. The summed E-state index contributed by atoms with van der Waals surface area (Å²) >= 11 is 0. The van der Waals surface area contributed by atoms with Gasteiger partial charge in [0.25, 0.3) is 11.5 Å². The van der Waals surface area contributed by atoms with E-state index in [1.54, 1.807) is 22.8 Å². The summed E-state index contributed by atoms with van der Waals surface area (Å²) < 4.78 is 1.69. The number of nitrogens with one attached hydrogen (secondary N) is 2. The molecule has 7 nitrogen and oxygen atoms in total. The molecule has 24 heavy (non-hydrogen) atoms. The van der Waals surface area contributed by atoms with E-state index in [4.69, 9.17) is 0 Å². The molecule has 2 heterocycles. The number of aromatic nitrogens is 2. The summed E-state index contributed by atoms with van der Waals surface area (Å²) in [7, 11) is 0. The average molecular weight is 326 g/mol. The van der Waals surface area contributed by atoms with Crippen LogP contribution in [0.25, 0.3) is 10.9 Å². The second-order valence-corrected chi connectivity index (χ2v) is 6.58. The number of benzene rings is 1. The van der Waals surface area contributed by atoms with Crippen LogP contribution in [0.2, 0.25) is 0 Å². The van der Waals surface area contributed by atoms with E-state index in [9.17, 15) is 14.4 Å². The molecule has 0 spiro atoms. The van der Waals surface area contributed by atoms with Gasteiger partial charge in [-0.05, 0) is 37.0 Å². The zero-order chi connectivity index (χ0) is 16.8. The SMILES string of the molecule is CC1CC1C(=O)NNC(=O)c1ccc2c(=O)n3c(nc2c1)CCC3. The second-order valence-electron chi connectivity index (χ2n) is 6.58. The third-order valence-corrected chi connectivity index (χ3v) is 4.82. The van der Waals surface area contributed by atoms with Gasteiger partial charge in [-0.25, -0.2) is 4.98 Å². The molecular formula is C17H18N4O3. The summed E-state index contributed by atoms with van der Waals surface area (Å²) in [6.45, 7) is 2.70. The highest BCUT2D eigenvalue weighted by molar-refractivity contribution is 5.98. The smallest absolute Gasteiger partial charge is 0.269 e. The van der Waals surface area contributed by atoms with Gasteiger partial charge in [0.1, 0.15) is 5.82 Å². The van der Waals surface area contributed by atoms with Crippen molar-refractivity contribution in [3.63, 3.8) is 0 Å². The first-order valence-corrected chi connectivity index (χ1v) is 8.18. The van der Waals surface area contributed by atoms with Gasteiger partial charge < -0.3 is 0 Å². The maximum atomic E-state index is 12.4. The first-order chi connectivity index (χ1) is 11.5. The van der Waals surface area contributed by atoms with Gasteiger partial charge in [-0.15, -0.1) is 0 Å². The number of hydrogen-bond acceptors (Lipinski definition) is 4. The van der Waals surface area contributed by atoms with Crippen LogP contribution in [0.4, 0.5) is 0 Å². The molecule has 1 aromatic heterocycles. The molecule has 2 amide bonds. The lowest BCUT2D eigenvalue weighted by Gasteiger charge is -2.09. The van der Waals surface area contributed by atoms with Gasteiger partial charge in [0.15, 0.2) is 0 Å². The predicted octanol–water partition coefficient (Wildman–Crippen LogP) is 0.760. The Hall–Kier alpha value is -2.70. The highest BCUT2D eigenvalue weighted by Gasteiger charge is 2.39. The van der Waals surface area contributed by atoms with E-state index in [1.165, 1.54) is 0 Å². The fraction of sp³-hybridized carbons (Fsp3) is 0.412. The number of fused-ring (bicyclic) bond motifs is 2. The van der Waals surface area contributed by atoms with Crippen LogP contribution in [-0.4, -0.2) is 21.4 Å². The molecule has 2 N–H and O–H groups in total. The Labute approximate surface area is 138 Å². The summed E-state index contributed by atoms with van der Waals surface area (Å²) in [4.78, 5) is 40.8. The van der Waals surface area contributed by atoms with Crippen molar-refractivity contribution in [2.45, 2.75) is 32.7 Å². The Balaban J connectivity index is 1.56. The molecule has 0 bridgehead atoms. The van der Waals surface area contributed by atoms with E-state index in [2.05, 4.69) is 15.8 Å². The molecule has 2 atom stereocenters. The molecule has 1 fully saturated rings. The molecule has 1 aliphatic heterocycles. The summed E-state index contributed by atoms with van der Waals surface area (Å²) in [6.07, 6.45) is 2.55. The van der Waals surface area contributed by atoms with E-state index in [0.29, 0.717) is 28.9 Å². The number of nitrogens with zero attached hydrogens (tertiary/aromatic N) is 2. The van der Waals surface area contributed by atoms with Crippen molar-refractivity contribution in [1.29, 1.82) is 0 Å². The maximum Gasteiger partial charge on any atom is 0.269 e. The minimum Gasteiger partial charge on any atom is -0.296 e. The van der Waals surface area contributed by atoms with Crippen molar-refractivity contribution in [1.82, 2.24) is 20.4 Å². The normalized spacial score (nSPS) is 21.4. The summed E-state index contributed by atoms with van der Waals surface area (Å²) in [5.41, 5.74) is 5.69. The van der Waals surface area contributed by atoms with Crippen molar-refractivity contribution in [2.75, 3.05) is 0 Å². The van der Waals surface area contributed by atoms with Crippen LogP contribution in [0.15, 0.2) is 23.0 Å². The zero-order valence-corrected chi connectivity index (χ0v) is 13.3. The molecule has 1 aliphatic carbocycles. The van der Waals surface area contributed by atoms with Crippen molar-refractivity contribution >= 4 is 22.7 Å². The highest BCUT2D eigenvalue weighted by atomic mass is 16.2. The second kappa shape index (κ2) is 5.43. The molecule has 1 aromatic carbocycles. The Bertz CT molecular complexity index is 918. The third-order valence-electron chi connectivity index (χ3n) is 4.82. The van der Waals surface area contributed by atoms with Gasteiger partial charge in [-0.3, -0.25) is 29.8 Å². The van der Waals surface area contributed by atoms with Gasteiger partial charge in [-0.2, -0.15) is 0 Å². The third kappa shape index (κ3) is 2.46. The number of carbonyl (C=O) groups is 2. The molecule has 1 saturated carbocycles. The molecule has 0 radical (unpaired) electrons. The standard InChI is InChI=1S/C17H18N4O3/c1-9-7-12(9)16(23)20-19-15(22)10-4-5-11-13(8-10)18-14-3-2-6-21(14)17(11)24/h4-5,8-9,12H,2-3,6-7H2,1H3,(H,19,22)(H,20,23). The van der Waals surface area contributed by atoms with E-state index in [1.807, 2.05) is 6.92 Å². The van der Waals surface area contributed by atoms with E-state index >= 15 is 0 Å². The highest BCUT2D eigenvalue weighted by Crippen LogP contribution is 2.37. The minimum absolute atomic E-state index is 0.00814. The van der Waals surface area contributed by atoms with Crippen molar-refractivity contribution < 1.29 is 9.59 Å². The molecule has 2 aliphatic rings. The topological polar surface area (TPSA) is 93.1 Å². The van der Waals surface area contributed by atoms with Crippen molar-refractivity contribution in [2.24, 2.45) is 11.8 Å². The van der Waals surface area contributed by atoms with Crippen LogP contribution in [0.3, 0.4) is 0 Å². The minimum atomic E-state index is -0.416. The van der Waals surface area contributed by atoms with E-state index in [0.717, 1.165) is 25.1 Å².